The van der Waals surface area contributed by atoms with E-state index in [1.54, 1.807) is 0 Å². The van der Waals surface area contributed by atoms with Crippen molar-refractivity contribution in [2.45, 2.75) is 65.1 Å². The molecule has 2 fully saturated rings. The SMILES string of the molecule is CC(C)C(=O)N1CCCC(Cn2ccc3cc(-c4cnn(C5CCCCO5)c4)ccc32)CC1. The Kier molecular flexibility index (Phi) is 6.54. The summed E-state index contributed by atoms with van der Waals surface area (Å²) in [4.78, 5) is 14.5. The number of fused-ring (bicyclic) bond motifs is 1. The number of nitrogens with zero attached hydrogens (tertiary/aromatic N) is 4. The van der Waals surface area contributed by atoms with Gasteiger partial charge in [-0.15, -0.1) is 0 Å². The number of ether oxygens (including phenoxy) is 1. The van der Waals surface area contributed by atoms with Crippen molar-refractivity contribution >= 4 is 16.8 Å². The molecule has 176 valence electrons. The Morgan fingerprint density at radius 2 is 2.00 bits per heavy atom. The first-order valence-electron chi connectivity index (χ1n) is 12.6. The Bertz CT molecular complexity index is 1090. The van der Waals surface area contributed by atoms with Crippen LogP contribution < -0.4 is 0 Å². The Morgan fingerprint density at radius 3 is 2.82 bits per heavy atom. The van der Waals surface area contributed by atoms with Crippen molar-refractivity contribution < 1.29 is 9.53 Å². The van der Waals surface area contributed by atoms with Gasteiger partial charge in [0.15, 0.2) is 0 Å². The van der Waals surface area contributed by atoms with Crippen LogP contribution in [0.3, 0.4) is 0 Å². The lowest BCUT2D eigenvalue weighted by molar-refractivity contribution is -0.134. The minimum absolute atomic E-state index is 0.0728. The number of carbonyl (C=O) groups excluding carboxylic acids is 1. The van der Waals surface area contributed by atoms with Gasteiger partial charge >= 0.3 is 0 Å². The molecule has 0 bridgehead atoms. The average molecular weight is 449 g/mol. The molecule has 0 spiro atoms. The number of likely N-dealkylation sites (tertiary alicyclic amines) is 1. The van der Waals surface area contributed by atoms with Crippen LogP contribution in [0.15, 0.2) is 42.9 Å². The minimum Gasteiger partial charge on any atom is -0.357 e. The number of carbonyl (C=O) groups is 1. The molecule has 2 aromatic heterocycles. The van der Waals surface area contributed by atoms with Crippen LogP contribution in [-0.2, 0) is 16.1 Å². The molecule has 6 heteroatoms. The van der Waals surface area contributed by atoms with E-state index in [2.05, 4.69) is 51.2 Å². The summed E-state index contributed by atoms with van der Waals surface area (Å²) in [5, 5.41) is 5.84. The third-order valence-electron chi connectivity index (χ3n) is 7.26. The average Bonchev–Trinajstić information content (AvgIpc) is 3.41. The molecular formula is C27H36N4O2. The van der Waals surface area contributed by atoms with Crippen molar-refractivity contribution in [2.75, 3.05) is 19.7 Å². The molecule has 33 heavy (non-hydrogen) atoms. The predicted molar refractivity (Wildman–Crippen MR) is 131 cm³/mol. The van der Waals surface area contributed by atoms with Crippen LogP contribution in [0, 0.1) is 11.8 Å². The molecule has 2 atom stereocenters. The van der Waals surface area contributed by atoms with Crippen molar-refractivity contribution in [1.82, 2.24) is 19.2 Å². The lowest BCUT2D eigenvalue weighted by atomic mass is 10.0. The first kappa shape index (κ1) is 22.2. The van der Waals surface area contributed by atoms with E-state index in [0.717, 1.165) is 57.5 Å². The zero-order valence-electron chi connectivity index (χ0n) is 19.9. The van der Waals surface area contributed by atoms with Crippen LogP contribution in [0.2, 0.25) is 0 Å². The molecule has 2 aliphatic heterocycles. The van der Waals surface area contributed by atoms with E-state index in [1.807, 2.05) is 24.7 Å². The Morgan fingerprint density at radius 1 is 1.09 bits per heavy atom. The smallest absolute Gasteiger partial charge is 0.225 e. The minimum atomic E-state index is 0.0728. The fraction of sp³-hybridized carbons (Fsp3) is 0.556. The summed E-state index contributed by atoms with van der Waals surface area (Å²) in [6, 6.07) is 8.94. The van der Waals surface area contributed by atoms with E-state index in [0.29, 0.717) is 11.8 Å². The summed E-state index contributed by atoms with van der Waals surface area (Å²) >= 11 is 0. The van der Waals surface area contributed by atoms with Crippen LogP contribution in [-0.4, -0.2) is 44.9 Å². The van der Waals surface area contributed by atoms with Crippen molar-refractivity contribution in [3.05, 3.63) is 42.9 Å². The highest BCUT2D eigenvalue weighted by Crippen LogP contribution is 2.29. The number of hydrogen-bond donors (Lipinski definition) is 0. The zero-order chi connectivity index (χ0) is 22.8. The third-order valence-corrected chi connectivity index (χ3v) is 7.26. The van der Waals surface area contributed by atoms with Gasteiger partial charge in [0.05, 0.1) is 6.20 Å². The van der Waals surface area contributed by atoms with Gasteiger partial charge in [-0.2, -0.15) is 5.10 Å². The van der Waals surface area contributed by atoms with E-state index in [-0.39, 0.29) is 12.1 Å². The van der Waals surface area contributed by atoms with Gasteiger partial charge in [-0.25, -0.2) is 4.68 Å². The van der Waals surface area contributed by atoms with Crippen LogP contribution in [0.4, 0.5) is 0 Å². The number of aromatic nitrogens is 3. The highest BCUT2D eigenvalue weighted by molar-refractivity contribution is 5.85. The van der Waals surface area contributed by atoms with Gasteiger partial charge < -0.3 is 14.2 Å². The van der Waals surface area contributed by atoms with Gasteiger partial charge in [0, 0.05) is 61.0 Å². The van der Waals surface area contributed by atoms with E-state index in [1.165, 1.54) is 29.3 Å². The molecule has 5 rings (SSSR count). The van der Waals surface area contributed by atoms with Crippen LogP contribution in [0.25, 0.3) is 22.0 Å². The maximum absolute atomic E-state index is 12.4. The van der Waals surface area contributed by atoms with Gasteiger partial charge in [0.25, 0.3) is 0 Å². The molecule has 2 aliphatic rings. The van der Waals surface area contributed by atoms with Crippen molar-refractivity contribution in [1.29, 1.82) is 0 Å². The largest absolute Gasteiger partial charge is 0.357 e. The molecule has 1 aromatic carbocycles. The van der Waals surface area contributed by atoms with Gasteiger partial charge in [0.1, 0.15) is 6.23 Å². The second-order valence-corrected chi connectivity index (χ2v) is 10.0. The number of rotatable bonds is 5. The molecule has 3 aromatic rings. The molecule has 0 aliphatic carbocycles. The number of amides is 1. The quantitative estimate of drug-likeness (QED) is 0.519. The fourth-order valence-electron chi connectivity index (χ4n) is 5.33. The molecule has 1 amide bonds. The Labute approximate surface area is 196 Å². The third kappa shape index (κ3) is 4.86. The Balaban J connectivity index is 1.27. The summed E-state index contributed by atoms with van der Waals surface area (Å²) in [6.45, 7) is 7.64. The molecule has 2 unspecified atom stereocenters. The topological polar surface area (TPSA) is 52.3 Å². The maximum Gasteiger partial charge on any atom is 0.225 e. The van der Waals surface area contributed by atoms with E-state index < -0.39 is 0 Å². The summed E-state index contributed by atoms with van der Waals surface area (Å²) in [5.41, 5.74) is 3.61. The van der Waals surface area contributed by atoms with Crippen molar-refractivity contribution in [2.24, 2.45) is 11.8 Å². The first-order valence-corrected chi connectivity index (χ1v) is 12.6. The summed E-state index contributed by atoms with van der Waals surface area (Å²) in [7, 11) is 0. The second-order valence-electron chi connectivity index (χ2n) is 10.0. The highest BCUT2D eigenvalue weighted by Gasteiger charge is 2.23. The van der Waals surface area contributed by atoms with Crippen LogP contribution in [0.5, 0.6) is 0 Å². The molecule has 4 heterocycles. The lowest BCUT2D eigenvalue weighted by Gasteiger charge is -2.22. The number of hydrogen-bond acceptors (Lipinski definition) is 3. The van der Waals surface area contributed by atoms with Crippen LogP contribution >= 0.6 is 0 Å². The lowest BCUT2D eigenvalue weighted by Crippen LogP contribution is -2.35. The van der Waals surface area contributed by atoms with Gasteiger partial charge in [-0.3, -0.25) is 4.79 Å². The molecule has 0 radical (unpaired) electrons. The molecule has 2 saturated heterocycles. The first-order chi connectivity index (χ1) is 16.1. The molecule has 0 N–H and O–H groups in total. The van der Waals surface area contributed by atoms with E-state index >= 15 is 0 Å². The summed E-state index contributed by atoms with van der Waals surface area (Å²) in [6.07, 6.45) is 13.1. The van der Waals surface area contributed by atoms with Gasteiger partial charge in [0.2, 0.25) is 5.91 Å². The zero-order valence-corrected chi connectivity index (χ0v) is 19.9. The Hall–Kier alpha value is -2.60. The maximum atomic E-state index is 12.4. The number of benzene rings is 1. The normalized spacial score (nSPS) is 22.1. The molecule has 6 nitrogen and oxygen atoms in total. The summed E-state index contributed by atoms with van der Waals surface area (Å²) in [5.74, 6) is 0.998. The van der Waals surface area contributed by atoms with E-state index in [9.17, 15) is 4.79 Å². The summed E-state index contributed by atoms with van der Waals surface area (Å²) < 4.78 is 10.2. The van der Waals surface area contributed by atoms with Crippen molar-refractivity contribution in [3.63, 3.8) is 0 Å². The van der Waals surface area contributed by atoms with E-state index in [4.69, 9.17) is 4.74 Å². The predicted octanol–water partition coefficient (Wildman–Crippen LogP) is 5.49. The van der Waals surface area contributed by atoms with Crippen molar-refractivity contribution in [3.8, 4) is 11.1 Å². The van der Waals surface area contributed by atoms with Gasteiger partial charge in [-0.05, 0) is 68.2 Å². The van der Waals surface area contributed by atoms with Gasteiger partial charge in [-0.1, -0.05) is 19.9 Å². The molecular weight excluding hydrogens is 412 g/mol. The highest BCUT2D eigenvalue weighted by atomic mass is 16.5. The monoisotopic (exact) mass is 448 g/mol. The fourth-order valence-corrected chi connectivity index (χ4v) is 5.33. The van der Waals surface area contributed by atoms with Crippen LogP contribution in [0.1, 0.15) is 58.6 Å². The molecule has 0 saturated carbocycles. The standard InChI is InChI=1S/C27H36N4O2/c1-20(2)27(32)29-12-5-6-21(10-13-29)18-30-14-11-23-16-22(8-9-25(23)30)24-17-28-31(19-24)26-7-3-4-15-33-26/h8-9,11,14,16-17,19-21,26H,3-7,10,12-13,15,18H2,1-2H3. The second kappa shape index (κ2) is 9.72.